The van der Waals surface area contributed by atoms with Gasteiger partial charge in [-0.25, -0.2) is 0 Å². The molecule has 0 aromatic heterocycles. The molecule has 0 spiro atoms. The van der Waals surface area contributed by atoms with Crippen LogP contribution in [0.15, 0.2) is 49.1 Å². The third-order valence-electron chi connectivity index (χ3n) is 5.98. The van der Waals surface area contributed by atoms with Crippen LogP contribution in [0.5, 0.6) is 0 Å². The highest BCUT2D eigenvalue weighted by Gasteiger charge is 2.32. The average Bonchev–Trinajstić information content (AvgIpc) is 2.78. The summed E-state index contributed by atoms with van der Waals surface area (Å²) in [5.41, 5.74) is 1.20. The Balaban J connectivity index is 1.30. The molecular weight excluding hydrogens is 394 g/mol. The molecule has 1 atom stereocenters. The summed E-state index contributed by atoms with van der Waals surface area (Å²) < 4.78 is 5.30. The van der Waals surface area contributed by atoms with Gasteiger partial charge in [-0.1, -0.05) is 30.3 Å². The average molecular weight is 424 g/mol. The molecule has 0 bridgehead atoms. The van der Waals surface area contributed by atoms with Gasteiger partial charge >= 0.3 is 0 Å². The highest BCUT2D eigenvalue weighted by atomic mass is 16.5. The highest BCUT2D eigenvalue weighted by molar-refractivity contribution is 6.25. The molecule has 0 radical (unpaired) electrons. The summed E-state index contributed by atoms with van der Waals surface area (Å²) >= 11 is 0. The second-order valence-electron chi connectivity index (χ2n) is 8.09. The predicted molar refractivity (Wildman–Crippen MR) is 119 cm³/mol. The number of piperazine rings is 1. The molecule has 7 nitrogen and oxygen atoms in total. The van der Waals surface area contributed by atoms with Gasteiger partial charge in [0.1, 0.15) is 0 Å². The Kier molecular flexibility index (Phi) is 6.77. The van der Waals surface area contributed by atoms with E-state index in [0.29, 0.717) is 44.0 Å². The topological polar surface area (TPSA) is 73.3 Å². The van der Waals surface area contributed by atoms with Gasteiger partial charge in [-0.2, -0.15) is 0 Å². The van der Waals surface area contributed by atoms with Gasteiger partial charge in [-0.05, 0) is 17.5 Å². The van der Waals surface area contributed by atoms with Crippen molar-refractivity contribution in [3.05, 3.63) is 60.2 Å². The molecule has 2 aromatic carbocycles. The molecule has 1 fully saturated rings. The van der Waals surface area contributed by atoms with E-state index in [1.165, 1.54) is 4.90 Å². The molecule has 31 heavy (non-hydrogen) atoms. The fourth-order valence-corrected chi connectivity index (χ4v) is 4.36. The Morgan fingerprint density at radius 1 is 0.968 bits per heavy atom. The van der Waals surface area contributed by atoms with E-state index >= 15 is 0 Å². The molecule has 4 rings (SSSR count). The van der Waals surface area contributed by atoms with Crippen LogP contribution in [-0.4, -0.2) is 96.8 Å². The zero-order chi connectivity index (χ0) is 21.8. The number of benzene rings is 2. The summed E-state index contributed by atoms with van der Waals surface area (Å²) in [6.07, 6.45) is 1.15. The number of nitrogens with zero attached hydrogens (tertiary/aromatic N) is 3. The number of carbonyl (C=O) groups excluding carboxylic acids is 2. The number of rotatable bonds is 9. The first kappa shape index (κ1) is 21.6. The molecule has 0 saturated carbocycles. The quantitative estimate of drug-likeness (QED) is 0.375. The van der Waals surface area contributed by atoms with Crippen LogP contribution in [0.25, 0.3) is 10.8 Å². The summed E-state index contributed by atoms with van der Waals surface area (Å²) in [7, 11) is 0. The van der Waals surface area contributed by atoms with E-state index in [-0.39, 0.29) is 11.8 Å². The monoisotopic (exact) mass is 423 g/mol. The van der Waals surface area contributed by atoms with E-state index in [4.69, 9.17) is 4.74 Å². The molecule has 2 amide bonds. The van der Waals surface area contributed by atoms with Crippen molar-refractivity contribution < 1.29 is 19.4 Å². The maximum absolute atomic E-state index is 13.0. The van der Waals surface area contributed by atoms with Crippen LogP contribution in [-0.2, 0) is 4.74 Å². The van der Waals surface area contributed by atoms with Crippen LogP contribution in [0.2, 0.25) is 0 Å². The minimum Gasteiger partial charge on any atom is -0.389 e. The number of aliphatic hydroxyl groups excluding tert-OH is 1. The van der Waals surface area contributed by atoms with Gasteiger partial charge in [0.15, 0.2) is 0 Å². The Labute approximate surface area is 182 Å². The van der Waals surface area contributed by atoms with Crippen LogP contribution in [0, 0.1) is 0 Å². The molecule has 0 unspecified atom stereocenters. The van der Waals surface area contributed by atoms with Crippen molar-refractivity contribution in [3.8, 4) is 0 Å². The van der Waals surface area contributed by atoms with Crippen molar-refractivity contribution >= 4 is 22.6 Å². The molecule has 0 aliphatic carbocycles. The normalized spacial score (nSPS) is 18.5. The van der Waals surface area contributed by atoms with Crippen molar-refractivity contribution in [2.75, 3.05) is 59.0 Å². The van der Waals surface area contributed by atoms with Gasteiger partial charge in [0, 0.05) is 62.3 Å². The van der Waals surface area contributed by atoms with E-state index < -0.39 is 6.10 Å². The molecule has 1 N–H and O–H groups in total. The molecule has 2 heterocycles. The standard InChI is InChI=1S/C24H29N3O4/c1-2-15-31-17-19(28)16-26-11-9-25(10-12-26)13-14-27-23(29)20-7-3-5-18-6-4-8-21(22(18)20)24(27)30/h2-8,19,28H,1,9-17H2/t19-/m1/s1. The predicted octanol–water partition coefficient (Wildman–Crippen LogP) is 1.62. The number of hydrogen-bond acceptors (Lipinski definition) is 6. The van der Waals surface area contributed by atoms with Gasteiger partial charge in [-0.3, -0.25) is 24.3 Å². The smallest absolute Gasteiger partial charge is 0.261 e. The minimum atomic E-state index is -0.516. The fraction of sp³-hybridized carbons (Fsp3) is 0.417. The van der Waals surface area contributed by atoms with Crippen LogP contribution < -0.4 is 0 Å². The van der Waals surface area contributed by atoms with Crippen LogP contribution >= 0.6 is 0 Å². The van der Waals surface area contributed by atoms with Gasteiger partial charge in [0.25, 0.3) is 11.8 Å². The molecule has 2 aliphatic heterocycles. The lowest BCUT2D eigenvalue weighted by atomic mass is 9.94. The van der Waals surface area contributed by atoms with E-state index in [9.17, 15) is 14.7 Å². The van der Waals surface area contributed by atoms with Gasteiger partial charge in [-0.15, -0.1) is 6.58 Å². The van der Waals surface area contributed by atoms with Gasteiger partial charge in [0.05, 0.1) is 19.3 Å². The summed E-state index contributed by atoms with van der Waals surface area (Å²) in [4.78, 5) is 31.9. The van der Waals surface area contributed by atoms with Crippen LogP contribution in [0.1, 0.15) is 20.7 Å². The Morgan fingerprint density at radius 3 is 2.19 bits per heavy atom. The lowest BCUT2D eigenvalue weighted by Gasteiger charge is -2.36. The molecule has 2 aliphatic rings. The van der Waals surface area contributed by atoms with Crippen LogP contribution in [0.4, 0.5) is 0 Å². The van der Waals surface area contributed by atoms with E-state index in [0.717, 1.165) is 37.0 Å². The Morgan fingerprint density at radius 2 is 1.58 bits per heavy atom. The fourth-order valence-electron chi connectivity index (χ4n) is 4.36. The number of imide groups is 1. The highest BCUT2D eigenvalue weighted by Crippen LogP contribution is 2.29. The largest absolute Gasteiger partial charge is 0.389 e. The molecular formula is C24H29N3O4. The number of amides is 2. The van der Waals surface area contributed by atoms with Crippen molar-refractivity contribution in [2.24, 2.45) is 0 Å². The second-order valence-corrected chi connectivity index (χ2v) is 8.09. The molecule has 164 valence electrons. The molecule has 1 saturated heterocycles. The number of β-amino-alcohol motifs (C(OH)–C–C–N with tert-alkyl or cyclic N) is 1. The van der Waals surface area contributed by atoms with Gasteiger partial charge < -0.3 is 9.84 Å². The lowest BCUT2D eigenvalue weighted by molar-refractivity contribution is 0.0141. The number of carbonyl (C=O) groups is 2. The van der Waals surface area contributed by atoms with Crippen LogP contribution in [0.3, 0.4) is 0 Å². The van der Waals surface area contributed by atoms with E-state index in [2.05, 4.69) is 16.4 Å². The zero-order valence-corrected chi connectivity index (χ0v) is 17.7. The molecule has 7 heteroatoms. The first-order chi connectivity index (χ1) is 15.1. The SMILES string of the molecule is C=CCOC[C@H](O)CN1CCN(CCN2C(=O)c3cccc4cccc(c34)C2=O)CC1. The first-order valence-corrected chi connectivity index (χ1v) is 10.8. The summed E-state index contributed by atoms with van der Waals surface area (Å²) in [5.74, 6) is -0.425. The Bertz CT molecular complexity index is 918. The van der Waals surface area contributed by atoms with E-state index in [1.54, 1.807) is 18.2 Å². The third-order valence-corrected chi connectivity index (χ3v) is 5.98. The lowest BCUT2D eigenvalue weighted by Crippen LogP contribution is -2.51. The van der Waals surface area contributed by atoms with Crippen molar-refractivity contribution in [1.29, 1.82) is 0 Å². The van der Waals surface area contributed by atoms with E-state index in [1.807, 2.05) is 24.3 Å². The maximum atomic E-state index is 13.0. The Hall–Kier alpha value is -2.58. The summed E-state index contributed by atoms with van der Waals surface area (Å²) in [5, 5.41) is 11.8. The second kappa shape index (κ2) is 9.70. The van der Waals surface area contributed by atoms with Gasteiger partial charge in [0.2, 0.25) is 0 Å². The summed E-state index contributed by atoms with van der Waals surface area (Å²) in [6, 6.07) is 11.2. The van der Waals surface area contributed by atoms with Crippen molar-refractivity contribution in [2.45, 2.75) is 6.10 Å². The maximum Gasteiger partial charge on any atom is 0.261 e. The number of hydrogen-bond donors (Lipinski definition) is 1. The minimum absolute atomic E-state index is 0.212. The number of ether oxygens (including phenoxy) is 1. The third kappa shape index (κ3) is 4.70. The van der Waals surface area contributed by atoms with Crippen molar-refractivity contribution in [3.63, 3.8) is 0 Å². The zero-order valence-electron chi connectivity index (χ0n) is 17.7. The summed E-state index contributed by atoms with van der Waals surface area (Å²) in [6.45, 7) is 9.29. The van der Waals surface area contributed by atoms with Crippen molar-refractivity contribution in [1.82, 2.24) is 14.7 Å². The molecule has 2 aromatic rings. The number of aliphatic hydroxyl groups is 1. The first-order valence-electron chi connectivity index (χ1n) is 10.8.